The van der Waals surface area contributed by atoms with E-state index < -0.39 is 0 Å². The highest BCUT2D eigenvalue weighted by Gasteiger charge is 2.02. The average Bonchev–Trinajstić information content (AvgIpc) is 2.79. The molecule has 0 saturated heterocycles. The van der Waals surface area contributed by atoms with Crippen molar-refractivity contribution in [1.82, 2.24) is 9.97 Å². The molecule has 2 aromatic rings. The van der Waals surface area contributed by atoms with Crippen molar-refractivity contribution in [3.8, 4) is 0 Å². The summed E-state index contributed by atoms with van der Waals surface area (Å²) in [5, 5.41) is 7.44. The molecule has 0 spiro atoms. The average molecular weight is 248 g/mol. The molecule has 0 aliphatic carbocycles. The van der Waals surface area contributed by atoms with Gasteiger partial charge in [-0.3, -0.25) is 0 Å². The van der Waals surface area contributed by atoms with Crippen LogP contribution in [0, 0.1) is 0 Å². The van der Waals surface area contributed by atoms with Crippen LogP contribution < -0.4 is 11.1 Å². The molecular weight excluding hydrogens is 232 g/mol. The second kappa shape index (κ2) is 5.63. The van der Waals surface area contributed by atoms with Gasteiger partial charge in [0.05, 0.1) is 0 Å². The van der Waals surface area contributed by atoms with E-state index in [9.17, 15) is 0 Å². The first-order chi connectivity index (χ1) is 8.28. The molecule has 0 fully saturated rings. The van der Waals surface area contributed by atoms with Gasteiger partial charge in [0.2, 0.25) is 0 Å². The number of rotatable bonds is 5. The van der Waals surface area contributed by atoms with E-state index in [0.29, 0.717) is 5.82 Å². The van der Waals surface area contributed by atoms with Gasteiger partial charge in [-0.2, -0.15) is 11.3 Å². The van der Waals surface area contributed by atoms with Crippen LogP contribution in [0.25, 0.3) is 0 Å². The SMILES string of the molecule is CCCc1nc(N)cc(NCc2ccsc2)n1. The first-order valence-corrected chi connectivity index (χ1v) is 6.60. The molecule has 0 unspecified atom stereocenters. The number of nitrogens with one attached hydrogen (secondary N) is 1. The van der Waals surface area contributed by atoms with Crippen molar-refractivity contribution in [1.29, 1.82) is 0 Å². The second-order valence-electron chi connectivity index (χ2n) is 3.83. The largest absolute Gasteiger partial charge is 0.384 e. The van der Waals surface area contributed by atoms with Crippen LogP contribution >= 0.6 is 11.3 Å². The van der Waals surface area contributed by atoms with Gasteiger partial charge in [-0.25, -0.2) is 9.97 Å². The molecule has 2 rings (SSSR count). The molecule has 0 aliphatic rings. The fourth-order valence-electron chi connectivity index (χ4n) is 1.53. The van der Waals surface area contributed by atoms with Crippen LogP contribution in [0.3, 0.4) is 0 Å². The molecule has 0 radical (unpaired) electrons. The summed E-state index contributed by atoms with van der Waals surface area (Å²) in [6.45, 7) is 2.87. The minimum Gasteiger partial charge on any atom is -0.384 e. The van der Waals surface area contributed by atoms with Gasteiger partial charge >= 0.3 is 0 Å². The van der Waals surface area contributed by atoms with Crippen molar-refractivity contribution in [3.63, 3.8) is 0 Å². The molecule has 0 aromatic carbocycles. The number of nitrogen functional groups attached to an aromatic ring is 1. The Labute approximate surface area is 105 Å². The Morgan fingerprint density at radius 1 is 1.41 bits per heavy atom. The number of nitrogens with two attached hydrogens (primary N) is 1. The van der Waals surface area contributed by atoms with E-state index in [4.69, 9.17) is 5.73 Å². The topological polar surface area (TPSA) is 63.8 Å². The molecule has 0 saturated carbocycles. The third-order valence-corrected chi connectivity index (χ3v) is 3.05. The number of hydrogen-bond donors (Lipinski definition) is 2. The summed E-state index contributed by atoms with van der Waals surface area (Å²) in [7, 11) is 0. The minimum absolute atomic E-state index is 0.524. The smallest absolute Gasteiger partial charge is 0.133 e. The lowest BCUT2D eigenvalue weighted by molar-refractivity contribution is 0.836. The van der Waals surface area contributed by atoms with Crippen LogP contribution in [0.4, 0.5) is 11.6 Å². The summed E-state index contributed by atoms with van der Waals surface area (Å²) >= 11 is 1.69. The quantitative estimate of drug-likeness (QED) is 0.854. The molecule has 0 bridgehead atoms. The van der Waals surface area contributed by atoms with Crippen LogP contribution in [-0.2, 0) is 13.0 Å². The molecule has 90 valence electrons. The van der Waals surface area contributed by atoms with Gasteiger partial charge in [-0.1, -0.05) is 6.92 Å². The van der Waals surface area contributed by atoms with Crippen molar-refractivity contribution >= 4 is 23.0 Å². The second-order valence-corrected chi connectivity index (χ2v) is 4.61. The molecule has 0 amide bonds. The molecule has 5 heteroatoms. The highest BCUT2D eigenvalue weighted by Crippen LogP contribution is 2.12. The number of thiophene rings is 1. The van der Waals surface area contributed by atoms with Crippen molar-refractivity contribution in [2.75, 3.05) is 11.1 Å². The fourth-order valence-corrected chi connectivity index (χ4v) is 2.20. The lowest BCUT2D eigenvalue weighted by atomic mass is 10.3. The van der Waals surface area contributed by atoms with Crippen LogP contribution in [0.15, 0.2) is 22.9 Å². The minimum atomic E-state index is 0.524. The summed E-state index contributed by atoms with van der Waals surface area (Å²) in [4.78, 5) is 8.62. The highest BCUT2D eigenvalue weighted by atomic mass is 32.1. The van der Waals surface area contributed by atoms with Crippen molar-refractivity contribution < 1.29 is 0 Å². The lowest BCUT2D eigenvalue weighted by Gasteiger charge is -2.07. The third-order valence-electron chi connectivity index (χ3n) is 2.32. The Balaban J connectivity index is 2.04. The van der Waals surface area contributed by atoms with Crippen molar-refractivity contribution in [2.45, 2.75) is 26.3 Å². The van der Waals surface area contributed by atoms with E-state index >= 15 is 0 Å². The summed E-state index contributed by atoms with van der Waals surface area (Å²) in [5.74, 6) is 2.13. The summed E-state index contributed by atoms with van der Waals surface area (Å²) < 4.78 is 0. The summed E-state index contributed by atoms with van der Waals surface area (Å²) in [5.41, 5.74) is 7.00. The van der Waals surface area contributed by atoms with Gasteiger partial charge in [0.25, 0.3) is 0 Å². The van der Waals surface area contributed by atoms with Gasteiger partial charge in [0.15, 0.2) is 0 Å². The fraction of sp³-hybridized carbons (Fsp3) is 0.333. The van der Waals surface area contributed by atoms with Crippen molar-refractivity contribution in [3.05, 3.63) is 34.3 Å². The Morgan fingerprint density at radius 2 is 2.29 bits per heavy atom. The van der Waals surface area contributed by atoms with Gasteiger partial charge in [-0.15, -0.1) is 0 Å². The normalized spacial score (nSPS) is 10.4. The zero-order valence-electron chi connectivity index (χ0n) is 9.81. The van der Waals surface area contributed by atoms with Crippen LogP contribution in [0.2, 0.25) is 0 Å². The first kappa shape index (κ1) is 11.9. The lowest BCUT2D eigenvalue weighted by Crippen LogP contribution is -2.06. The molecule has 0 atom stereocenters. The first-order valence-electron chi connectivity index (χ1n) is 5.66. The summed E-state index contributed by atoms with van der Waals surface area (Å²) in [6, 6.07) is 3.86. The monoisotopic (exact) mass is 248 g/mol. The zero-order valence-corrected chi connectivity index (χ0v) is 10.6. The number of aryl methyl sites for hydroxylation is 1. The molecule has 4 nitrogen and oxygen atoms in total. The predicted octanol–water partition coefficient (Wildman–Crippen LogP) is 2.68. The van der Waals surface area contributed by atoms with E-state index in [2.05, 4.69) is 39.0 Å². The molecule has 2 aromatic heterocycles. The summed E-state index contributed by atoms with van der Waals surface area (Å²) in [6.07, 6.45) is 1.88. The van der Waals surface area contributed by atoms with Crippen LogP contribution in [0.1, 0.15) is 24.7 Å². The predicted molar refractivity (Wildman–Crippen MR) is 72.1 cm³/mol. The standard InChI is InChI=1S/C12H16N4S/c1-2-3-11-15-10(13)6-12(16-11)14-7-9-4-5-17-8-9/h4-6,8H,2-3,7H2,1H3,(H3,13,14,15,16). The van der Waals surface area contributed by atoms with E-state index in [-0.39, 0.29) is 0 Å². The molecule has 0 aliphatic heterocycles. The number of hydrogen-bond acceptors (Lipinski definition) is 5. The maximum absolute atomic E-state index is 5.75. The van der Waals surface area contributed by atoms with E-state index in [1.807, 2.05) is 0 Å². The molecule has 3 N–H and O–H groups in total. The van der Waals surface area contributed by atoms with Gasteiger partial charge in [0, 0.05) is 19.0 Å². The third kappa shape index (κ3) is 3.42. The van der Waals surface area contributed by atoms with E-state index in [0.717, 1.165) is 31.0 Å². The van der Waals surface area contributed by atoms with Gasteiger partial charge in [0.1, 0.15) is 17.5 Å². The van der Waals surface area contributed by atoms with Gasteiger partial charge in [-0.05, 0) is 28.8 Å². The maximum Gasteiger partial charge on any atom is 0.133 e. The van der Waals surface area contributed by atoms with Crippen LogP contribution in [0.5, 0.6) is 0 Å². The molecule has 17 heavy (non-hydrogen) atoms. The molecular formula is C12H16N4S. The van der Waals surface area contributed by atoms with E-state index in [1.165, 1.54) is 5.56 Å². The van der Waals surface area contributed by atoms with Crippen LogP contribution in [-0.4, -0.2) is 9.97 Å². The Morgan fingerprint density at radius 3 is 3.00 bits per heavy atom. The van der Waals surface area contributed by atoms with Gasteiger partial charge < -0.3 is 11.1 Å². The number of aromatic nitrogens is 2. The Bertz CT molecular complexity index is 467. The van der Waals surface area contributed by atoms with E-state index in [1.54, 1.807) is 17.4 Å². The number of nitrogens with zero attached hydrogens (tertiary/aromatic N) is 2. The zero-order chi connectivity index (χ0) is 12.1. The highest BCUT2D eigenvalue weighted by molar-refractivity contribution is 7.07. The maximum atomic E-state index is 5.75. The molecule has 2 heterocycles. The van der Waals surface area contributed by atoms with Crippen molar-refractivity contribution in [2.24, 2.45) is 0 Å². The number of anilines is 2. The Hall–Kier alpha value is -1.62. The Kier molecular flexibility index (Phi) is 3.93.